The van der Waals surface area contributed by atoms with E-state index in [1.54, 1.807) is 0 Å². The Kier molecular flexibility index (Phi) is 2.34. The summed E-state index contributed by atoms with van der Waals surface area (Å²) in [6.45, 7) is 0. The third-order valence-electron chi connectivity index (χ3n) is 4.68. The maximum atomic E-state index is 12.4. The topological polar surface area (TPSA) is 17.1 Å². The highest BCUT2D eigenvalue weighted by molar-refractivity contribution is 5.93. The summed E-state index contributed by atoms with van der Waals surface area (Å²) < 4.78 is 0. The van der Waals surface area contributed by atoms with Crippen molar-refractivity contribution >= 4 is 5.78 Å². The number of aryl methyl sites for hydroxylation is 1. The van der Waals surface area contributed by atoms with E-state index in [0.29, 0.717) is 18.1 Å². The number of carbonyl (C=O) groups is 1. The first kappa shape index (κ1) is 11.0. The normalized spacial score (nSPS) is 24.3. The average molecular weight is 248 g/mol. The molecule has 1 heteroatoms. The minimum atomic E-state index is 0.0971. The lowest BCUT2D eigenvalue weighted by atomic mass is 9.83. The lowest BCUT2D eigenvalue weighted by molar-refractivity contribution is -0.119. The lowest BCUT2D eigenvalue weighted by Gasteiger charge is -2.19. The third kappa shape index (κ3) is 1.58. The van der Waals surface area contributed by atoms with Crippen LogP contribution in [0.3, 0.4) is 0 Å². The molecule has 0 aliphatic heterocycles. The quantitative estimate of drug-likeness (QED) is 0.753. The van der Waals surface area contributed by atoms with Gasteiger partial charge in [0.2, 0.25) is 0 Å². The highest BCUT2D eigenvalue weighted by Crippen LogP contribution is 2.47. The van der Waals surface area contributed by atoms with Gasteiger partial charge in [0.1, 0.15) is 5.78 Å². The van der Waals surface area contributed by atoms with Crippen molar-refractivity contribution in [2.75, 3.05) is 0 Å². The van der Waals surface area contributed by atoms with Gasteiger partial charge in [-0.25, -0.2) is 0 Å². The first-order valence-corrected chi connectivity index (χ1v) is 7.03. The SMILES string of the molecule is O=C1Cc2ccccc2[C@@H]1C1CCc2ccccc21. The fourth-order valence-corrected chi connectivity index (χ4v) is 3.85. The molecule has 0 aromatic heterocycles. The molecule has 0 bridgehead atoms. The van der Waals surface area contributed by atoms with Crippen molar-refractivity contribution in [1.29, 1.82) is 0 Å². The van der Waals surface area contributed by atoms with Gasteiger partial charge in [-0.2, -0.15) is 0 Å². The van der Waals surface area contributed by atoms with Gasteiger partial charge >= 0.3 is 0 Å². The monoisotopic (exact) mass is 248 g/mol. The van der Waals surface area contributed by atoms with Crippen LogP contribution in [0.4, 0.5) is 0 Å². The number of hydrogen-bond acceptors (Lipinski definition) is 1. The first-order valence-electron chi connectivity index (χ1n) is 7.03. The Morgan fingerprint density at radius 2 is 1.53 bits per heavy atom. The second-order valence-electron chi connectivity index (χ2n) is 5.66. The van der Waals surface area contributed by atoms with Crippen molar-refractivity contribution in [2.45, 2.75) is 31.1 Å². The molecular formula is C18H16O. The summed E-state index contributed by atoms with van der Waals surface area (Å²) in [5, 5.41) is 0. The molecule has 1 unspecified atom stereocenters. The largest absolute Gasteiger partial charge is 0.299 e. The molecule has 19 heavy (non-hydrogen) atoms. The Hall–Kier alpha value is -1.89. The number of hydrogen-bond donors (Lipinski definition) is 0. The van der Waals surface area contributed by atoms with Crippen molar-refractivity contribution in [3.8, 4) is 0 Å². The van der Waals surface area contributed by atoms with Crippen LogP contribution in [0.25, 0.3) is 0 Å². The second-order valence-corrected chi connectivity index (χ2v) is 5.66. The van der Waals surface area contributed by atoms with E-state index in [-0.39, 0.29) is 5.92 Å². The van der Waals surface area contributed by atoms with E-state index in [0.717, 1.165) is 12.8 Å². The lowest BCUT2D eigenvalue weighted by Crippen LogP contribution is -2.14. The van der Waals surface area contributed by atoms with Gasteiger partial charge in [-0.1, -0.05) is 48.5 Å². The van der Waals surface area contributed by atoms with E-state index >= 15 is 0 Å². The molecule has 4 rings (SSSR count). The number of Topliss-reactive ketones (excluding diaryl/α,β-unsaturated/α-hetero) is 1. The highest BCUT2D eigenvalue weighted by atomic mass is 16.1. The summed E-state index contributed by atoms with van der Waals surface area (Å²) in [5.41, 5.74) is 5.35. The van der Waals surface area contributed by atoms with Gasteiger partial charge in [0.15, 0.2) is 0 Å². The summed E-state index contributed by atoms with van der Waals surface area (Å²) >= 11 is 0. The fraction of sp³-hybridized carbons (Fsp3) is 0.278. The molecule has 0 heterocycles. The Morgan fingerprint density at radius 3 is 2.37 bits per heavy atom. The van der Waals surface area contributed by atoms with Gasteiger partial charge in [-0.05, 0) is 41.0 Å². The van der Waals surface area contributed by atoms with E-state index in [9.17, 15) is 4.79 Å². The zero-order chi connectivity index (χ0) is 12.8. The molecule has 2 aromatic carbocycles. The molecule has 0 fully saturated rings. The summed E-state index contributed by atoms with van der Waals surface area (Å²) in [6, 6.07) is 17.0. The van der Waals surface area contributed by atoms with Gasteiger partial charge in [0, 0.05) is 6.42 Å². The molecule has 2 aromatic rings. The number of benzene rings is 2. The third-order valence-corrected chi connectivity index (χ3v) is 4.68. The predicted octanol–water partition coefficient (Wildman–Crippen LogP) is 3.63. The molecule has 0 saturated heterocycles. The molecule has 0 saturated carbocycles. The van der Waals surface area contributed by atoms with Gasteiger partial charge in [0.05, 0.1) is 5.92 Å². The second kappa shape index (κ2) is 4.06. The van der Waals surface area contributed by atoms with E-state index in [4.69, 9.17) is 0 Å². The van der Waals surface area contributed by atoms with Crippen LogP contribution >= 0.6 is 0 Å². The van der Waals surface area contributed by atoms with Crippen molar-refractivity contribution in [2.24, 2.45) is 0 Å². The van der Waals surface area contributed by atoms with Crippen LogP contribution < -0.4 is 0 Å². The molecular weight excluding hydrogens is 232 g/mol. The van der Waals surface area contributed by atoms with Crippen LogP contribution in [0.15, 0.2) is 48.5 Å². The maximum absolute atomic E-state index is 12.4. The first-order chi connectivity index (χ1) is 9.34. The Morgan fingerprint density at radius 1 is 0.842 bits per heavy atom. The van der Waals surface area contributed by atoms with Crippen molar-refractivity contribution in [3.05, 3.63) is 70.8 Å². The highest BCUT2D eigenvalue weighted by Gasteiger charge is 2.39. The van der Waals surface area contributed by atoms with Crippen LogP contribution in [-0.4, -0.2) is 5.78 Å². The smallest absolute Gasteiger partial charge is 0.145 e. The number of carbonyl (C=O) groups excluding carboxylic acids is 1. The van der Waals surface area contributed by atoms with Crippen LogP contribution in [0.5, 0.6) is 0 Å². The van der Waals surface area contributed by atoms with Crippen molar-refractivity contribution in [1.82, 2.24) is 0 Å². The average Bonchev–Trinajstić information content (AvgIpc) is 2.98. The van der Waals surface area contributed by atoms with E-state index < -0.39 is 0 Å². The summed E-state index contributed by atoms with van der Waals surface area (Å²) in [6.07, 6.45) is 2.86. The van der Waals surface area contributed by atoms with E-state index in [1.165, 1.54) is 22.3 Å². The Labute approximate surface area is 113 Å². The van der Waals surface area contributed by atoms with Crippen molar-refractivity contribution < 1.29 is 4.79 Å². The Balaban J connectivity index is 1.81. The zero-order valence-electron chi connectivity index (χ0n) is 10.8. The van der Waals surface area contributed by atoms with E-state index in [1.807, 2.05) is 6.07 Å². The molecule has 1 nitrogen and oxygen atoms in total. The van der Waals surface area contributed by atoms with Crippen LogP contribution in [0.2, 0.25) is 0 Å². The predicted molar refractivity (Wildman–Crippen MR) is 75.4 cm³/mol. The van der Waals surface area contributed by atoms with Crippen molar-refractivity contribution in [3.63, 3.8) is 0 Å². The summed E-state index contributed by atoms with van der Waals surface area (Å²) in [7, 11) is 0. The molecule has 2 aliphatic rings. The molecule has 94 valence electrons. The fourth-order valence-electron chi connectivity index (χ4n) is 3.85. The van der Waals surface area contributed by atoms with Gasteiger partial charge in [-0.3, -0.25) is 4.79 Å². The molecule has 0 N–H and O–H groups in total. The summed E-state index contributed by atoms with van der Waals surface area (Å²) in [5.74, 6) is 0.898. The standard InChI is InChI=1S/C18H16O/c19-17-11-13-6-2-4-8-15(13)18(17)16-10-9-12-5-1-3-7-14(12)16/h1-8,16,18H,9-11H2/t16?,18-/m1/s1. The molecule has 2 atom stereocenters. The Bertz CT molecular complexity index is 656. The molecule has 0 radical (unpaired) electrons. The summed E-state index contributed by atoms with van der Waals surface area (Å²) in [4.78, 5) is 12.4. The van der Waals surface area contributed by atoms with Gasteiger partial charge in [0.25, 0.3) is 0 Å². The van der Waals surface area contributed by atoms with Gasteiger partial charge in [-0.15, -0.1) is 0 Å². The minimum Gasteiger partial charge on any atom is -0.299 e. The van der Waals surface area contributed by atoms with Crippen LogP contribution in [0, 0.1) is 0 Å². The number of rotatable bonds is 1. The van der Waals surface area contributed by atoms with Crippen LogP contribution in [0.1, 0.15) is 40.5 Å². The van der Waals surface area contributed by atoms with E-state index in [2.05, 4.69) is 42.5 Å². The van der Waals surface area contributed by atoms with Crippen LogP contribution in [-0.2, 0) is 17.6 Å². The molecule has 0 spiro atoms. The van der Waals surface area contributed by atoms with Gasteiger partial charge < -0.3 is 0 Å². The molecule has 0 amide bonds. The molecule has 2 aliphatic carbocycles. The minimum absolute atomic E-state index is 0.0971. The maximum Gasteiger partial charge on any atom is 0.145 e. The number of ketones is 1. The zero-order valence-corrected chi connectivity index (χ0v) is 10.8. The number of fused-ring (bicyclic) bond motifs is 2.